The van der Waals surface area contributed by atoms with E-state index >= 15 is 0 Å². The van der Waals surface area contributed by atoms with E-state index in [0.29, 0.717) is 48.5 Å². The number of furan rings is 1. The van der Waals surface area contributed by atoms with Gasteiger partial charge in [0.1, 0.15) is 29.0 Å². The molecule has 0 radical (unpaired) electrons. The molecule has 0 spiro atoms. The molecule has 12 nitrogen and oxygen atoms in total. The van der Waals surface area contributed by atoms with Gasteiger partial charge in [0.05, 0.1) is 5.56 Å². The van der Waals surface area contributed by atoms with E-state index in [1.165, 1.54) is 4.90 Å². The summed E-state index contributed by atoms with van der Waals surface area (Å²) in [5.41, 5.74) is 2.49. The average molecular weight is 705 g/mol. The van der Waals surface area contributed by atoms with Gasteiger partial charge in [0.15, 0.2) is 0 Å². The third-order valence-electron chi connectivity index (χ3n) is 9.01. The molecule has 2 heterocycles. The lowest BCUT2D eigenvalue weighted by Gasteiger charge is -2.34. The van der Waals surface area contributed by atoms with Crippen molar-refractivity contribution in [3.63, 3.8) is 0 Å². The molecule has 0 aliphatic carbocycles. The van der Waals surface area contributed by atoms with Crippen LogP contribution in [0, 0.1) is 5.92 Å². The number of benzene rings is 4. The molecule has 6 rings (SSSR count). The highest BCUT2D eigenvalue weighted by atomic mass is 16.6. The number of para-hydroxylation sites is 2. The molecule has 1 fully saturated rings. The van der Waals surface area contributed by atoms with Crippen LogP contribution in [-0.4, -0.2) is 83.0 Å². The number of ether oxygens (including phenoxy) is 1. The van der Waals surface area contributed by atoms with Gasteiger partial charge in [-0.15, -0.1) is 0 Å². The number of nitrogens with zero attached hydrogens (tertiary/aromatic N) is 2. The SMILES string of the molecule is CC(C)C[C@H](NC(=O)c1cccc2c1oc1ccccc12)C(=O)N[C@@H](Cc1ccc(OC(=O)N2CCN(C(=O)c3ccccc3)CC2)cc1)C(=O)O. The predicted octanol–water partition coefficient (Wildman–Crippen LogP) is 5.50. The van der Waals surface area contributed by atoms with Crippen LogP contribution in [0.3, 0.4) is 0 Å². The second kappa shape index (κ2) is 15.8. The Hall–Kier alpha value is -6.17. The topological polar surface area (TPSA) is 158 Å². The number of hydrogen-bond donors (Lipinski definition) is 3. The first-order chi connectivity index (χ1) is 25.1. The van der Waals surface area contributed by atoms with Crippen LogP contribution in [0.25, 0.3) is 21.9 Å². The molecule has 268 valence electrons. The van der Waals surface area contributed by atoms with Gasteiger partial charge < -0.3 is 34.7 Å². The van der Waals surface area contributed by atoms with Crippen molar-refractivity contribution in [1.82, 2.24) is 20.4 Å². The third-order valence-corrected chi connectivity index (χ3v) is 9.01. The number of aliphatic carboxylic acids is 1. The van der Waals surface area contributed by atoms with E-state index in [1.54, 1.807) is 53.4 Å². The molecular weight excluding hydrogens is 664 g/mol. The monoisotopic (exact) mass is 704 g/mol. The summed E-state index contributed by atoms with van der Waals surface area (Å²) in [6, 6.07) is 25.8. The van der Waals surface area contributed by atoms with Crippen LogP contribution in [0.2, 0.25) is 0 Å². The van der Waals surface area contributed by atoms with Crippen LogP contribution in [0.15, 0.2) is 101 Å². The molecule has 1 aliphatic rings. The second-order valence-corrected chi connectivity index (χ2v) is 13.2. The quantitative estimate of drug-likeness (QED) is 0.163. The van der Waals surface area contributed by atoms with Crippen molar-refractivity contribution in [2.45, 2.75) is 38.8 Å². The molecule has 0 unspecified atom stereocenters. The number of amides is 4. The molecule has 4 aromatic carbocycles. The first-order valence-corrected chi connectivity index (χ1v) is 17.2. The molecule has 4 amide bonds. The standard InChI is InChI=1S/C40H40N4O8/c1-25(2)23-32(41-36(45)31-13-8-12-30-29-11-6-7-14-34(29)52-35(30)31)37(46)42-33(39(48)49)24-26-15-17-28(18-16-26)51-40(50)44-21-19-43(20-22-44)38(47)27-9-4-3-5-10-27/h3-18,25,32-33H,19-24H2,1-2H3,(H,41,45)(H,42,46)(H,48,49)/t32-,33-/m0/s1. The summed E-state index contributed by atoms with van der Waals surface area (Å²) in [4.78, 5) is 68.1. The van der Waals surface area contributed by atoms with E-state index in [1.807, 2.05) is 62.4 Å². The minimum Gasteiger partial charge on any atom is -0.480 e. The summed E-state index contributed by atoms with van der Waals surface area (Å²) >= 11 is 0. The lowest BCUT2D eigenvalue weighted by molar-refractivity contribution is -0.142. The van der Waals surface area contributed by atoms with Gasteiger partial charge in [-0.2, -0.15) is 0 Å². The number of piperazine rings is 1. The van der Waals surface area contributed by atoms with Gasteiger partial charge in [-0.3, -0.25) is 14.4 Å². The normalized spacial score (nSPS) is 14.2. The van der Waals surface area contributed by atoms with Crippen molar-refractivity contribution in [2.24, 2.45) is 5.92 Å². The Labute approximate surface area is 300 Å². The van der Waals surface area contributed by atoms with Crippen molar-refractivity contribution in [2.75, 3.05) is 26.2 Å². The molecule has 12 heteroatoms. The van der Waals surface area contributed by atoms with Crippen LogP contribution >= 0.6 is 0 Å². The molecule has 0 saturated carbocycles. The number of carbonyl (C=O) groups excluding carboxylic acids is 4. The fourth-order valence-electron chi connectivity index (χ4n) is 6.29. The van der Waals surface area contributed by atoms with Crippen LogP contribution < -0.4 is 15.4 Å². The Morgan fingerprint density at radius 3 is 2.10 bits per heavy atom. The Balaban J connectivity index is 1.05. The fraction of sp³-hybridized carbons (Fsp3) is 0.275. The summed E-state index contributed by atoms with van der Waals surface area (Å²) in [7, 11) is 0. The van der Waals surface area contributed by atoms with E-state index in [9.17, 15) is 29.1 Å². The van der Waals surface area contributed by atoms with Crippen LogP contribution in [0.1, 0.15) is 46.5 Å². The first kappa shape index (κ1) is 35.6. The van der Waals surface area contributed by atoms with Gasteiger partial charge in [0.2, 0.25) is 5.91 Å². The van der Waals surface area contributed by atoms with Gasteiger partial charge in [0, 0.05) is 48.9 Å². The van der Waals surface area contributed by atoms with Crippen molar-refractivity contribution in [3.8, 4) is 5.75 Å². The van der Waals surface area contributed by atoms with Crippen molar-refractivity contribution < 1.29 is 38.2 Å². The molecular formula is C40H40N4O8. The zero-order valence-electron chi connectivity index (χ0n) is 28.9. The van der Waals surface area contributed by atoms with Crippen LogP contribution in [-0.2, 0) is 16.0 Å². The minimum absolute atomic E-state index is 0.0113. The number of hydrogen-bond acceptors (Lipinski definition) is 7. The Morgan fingerprint density at radius 2 is 1.40 bits per heavy atom. The molecule has 3 N–H and O–H groups in total. The van der Waals surface area contributed by atoms with Gasteiger partial charge in [-0.1, -0.05) is 74.5 Å². The number of carbonyl (C=O) groups is 5. The minimum atomic E-state index is -1.29. The molecule has 1 saturated heterocycles. The molecule has 52 heavy (non-hydrogen) atoms. The maximum Gasteiger partial charge on any atom is 0.415 e. The first-order valence-electron chi connectivity index (χ1n) is 17.2. The van der Waals surface area contributed by atoms with Crippen molar-refractivity contribution in [1.29, 1.82) is 0 Å². The molecule has 2 atom stereocenters. The third kappa shape index (κ3) is 8.23. The maximum absolute atomic E-state index is 13.5. The summed E-state index contributed by atoms with van der Waals surface area (Å²) < 4.78 is 11.5. The molecule has 0 bridgehead atoms. The highest BCUT2D eigenvalue weighted by Gasteiger charge is 2.29. The van der Waals surface area contributed by atoms with E-state index < -0.39 is 36.0 Å². The number of fused-ring (bicyclic) bond motifs is 3. The number of nitrogens with one attached hydrogen (secondary N) is 2. The Morgan fingerprint density at radius 1 is 0.750 bits per heavy atom. The number of carboxylic acid groups (broad SMARTS) is 1. The molecule has 5 aromatic rings. The van der Waals surface area contributed by atoms with Gasteiger partial charge in [-0.05, 0) is 54.3 Å². The Kier molecular flexibility index (Phi) is 10.8. The average Bonchev–Trinajstić information content (AvgIpc) is 3.54. The zero-order chi connectivity index (χ0) is 36.8. The summed E-state index contributed by atoms with van der Waals surface area (Å²) in [6.45, 7) is 5.21. The summed E-state index contributed by atoms with van der Waals surface area (Å²) in [5.74, 6) is -2.18. The summed E-state index contributed by atoms with van der Waals surface area (Å²) in [6.07, 6.45) is -0.323. The molecule has 1 aliphatic heterocycles. The largest absolute Gasteiger partial charge is 0.480 e. The second-order valence-electron chi connectivity index (χ2n) is 13.2. The van der Waals surface area contributed by atoms with Gasteiger partial charge >= 0.3 is 12.1 Å². The van der Waals surface area contributed by atoms with E-state index in [2.05, 4.69) is 10.6 Å². The van der Waals surface area contributed by atoms with Gasteiger partial charge in [0.25, 0.3) is 11.8 Å². The predicted molar refractivity (Wildman–Crippen MR) is 194 cm³/mol. The lowest BCUT2D eigenvalue weighted by atomic mass is 10.0. The fourth-order valence-corrected chi connectivity index (χ4v) is 6.29. The maximum atomic E-state index is 13.5. The number of rotatable bonds is 11. The Bertz CT molecular complexity index is 2090. The highest BCUT2D eigenvalue weighted by molar-refractivity contribution is 6.13. The van der Waals surface area contributed by atoms with E-state index in [-0.39, 0.29) is 36.0 Å². The van der Waals surface area contributed by atoms with Crippen LogP contribution in [0.4, 0.5) is 4.79 Å². The van der Waals surface area contributed by atoms with Gasteiger partial charge in [-0.25, -0.2) is 9.59 Å². The zero-order valence-corrected chi connectivity index (χ0v) is 28.9. The van der Waals surface area contributed by atoms with Crippen molar-refractivity contribution >= 4 is 51.7 Å². The van der Waals surface area contributed by atoms with E-state index in [0.717, 1.165) is 10.8 Å². The lowest BCUT2D eigenvalue weighted by Crippen LogP contribution is -2.52. The number of carboxylic acids is 1. The van der Waals surface area contributed by atoms with Crippen molar-refractivity contribution in [3.05, 3.63) is 114 Å². The van der Waals surface area contributed by atoms with Crippen LogP contribution in [0.5, 0.6) is 5.75 Å². The molecule has 1 aromatic heterocycles. The summed E-state index contributed by atoms with van der Waals surface area (Å²) in [5, 5.41) is 17.1. The highest BCUT2D eigenvalue weighted by Crippen LogP contribution is 2.31. The smallest absolute Gasteiger partial charge is 0.415 e. The van der Waals surface area contributed by atoms with E-state index in [4.69, 9.17) is 9.15 Å².